The number of hydrogen-bond acceptors (Lipinski definition) is 2. The van der Waals surface area contributed by atoms with Crippen molar-refractivity contribution >= 4 is 5.97 Å². The summed E-state index contributed by atoms with van der Waals surface area (Å²) in [4.78, 5) is 13.0. The van der Waals surface area contributed by atoms with E-state index in [2.05, 4.69) is 27.7 Å². The predicted octanol–water partition coefficient (Wildman–Crippen LogP) is 11.0. The van der Waals surface area contributed by atoms with Gasteiger partial charge in [0.25, 0.3) is 0 Å². The summed E-state index contributed by atoms with van der Waals surface area (Å²) < 4.78 is 5.83. The first-order valence-electron chi connectivity index (χ1n) is 15.3. The second-order valence-corrected chi connectivity index (χ2v) is 10.9. The van der Waals surface area contributed by atoms with Crippen LogP contribution in [0.5, 0.6) is 0 Å². The lowest BCUT2D eigenvalue weighted by Gasteiger charge is -2.27. The quantitative estimate of drug-likeness (QED) is 0.0935. The normalized spacial score (nSPS) is 13.2. The van der Waals surface area contributed by atoms with Gasteiger partial charge in [0.1, 0.15) is 0 Å². The van der Waals surface area contributed by atoms with Crippen LogP contribution in [0, 0.1) is 5.41 Å². The summed E-state index contributed by atoms with van der Waals surface area (Å²) in [5.41, 5.74) is -0.270. The van der Waals surface area contributed by atoms with Crippen LogP contribution in [0.1, 0.15) is 182 Å². The highest BCUT2D eigenvalue weighted by Gasteiger charge is 2.33. The van der Waals surface area contributed by atoms with Gasteiger partial charge in [-0.2, -0.15) is 0 Å². The van der Waals surface area contributed by atoms with Gasteiger partial charge in [-0.1, -0.05) is 156 Å². The Morgan fingerprint density at radius 1 is 0.485 bits per heavy atom. The molecule has 1 unspecified atom stereocenters. The third kappa shape index (κ3) is 20.5. The standard InChI is InChI=1S/C31H62O2/c1-5-8-11-14-16-17-18-20-23-26-29-33-30(32)31(4,27-24-21-13-10-7-3)28-25-22-19-15-12-9-6-2/h5-29H2,1-4H3. The van der Waals surface area contributed by atoms with E-state index in [-0.39, 0.29) is 11.4 Å². The van der Waals surface area contributed by atoms with E-state index in [1.165, 1.54) is 135 Å². The highest BCUT2D eigenvalue weighted by atomic mass is 16.5. The van der Waals surface area contributed by atoms with Crippen molar-refractivity contribution in [1.82, 2.24) is 0 Å². The largest absolute Gasteiger partial charge is 0.465 e. The van der Waals surface area contributed by atoms with Crippen LogP contribution in [0.2, 0.25) is 0 Å². The summed E-state index contributed by atoms with van der Waals surface area (Å²) in [5.74, 6) is 0.0832. The molecule has 0 heterocycles. The Bertz CT molecular complexity index is 406. The van der Waals surface area contributed by atoms with Crippen LogP contribution < -0.4 is 0 Å². The van der Waals surface area contributed by atoms with Crippen molar-refractivity contribution in [3.63, 3.8) is 0 Å². The van der Waals surface area contributed by atoms with E-state index in [9.17, 15) is 4.79 Å². The van der Waals surface area contributed by atoms with Crippen molar-refractivity contribution in [2.45, 2.75) is 182 Å². The molecule has 1 atom stereocenters. The predicted molar refractivity (Wildman–Crippen MR) is 147 cm³/mol. The van der Waals surface area contributed by atoms with Crippen LogP contribution in [-0.4, -0.2) is 12.6 Å². The molecule has 0 spiro atoms. The number of ether oxygens (including phenoxy) is 1. The number of unbranched alkanes of at least 4 members (excludes halogenated alkanes) is 19. The van der Waals surface area contributed by atoms with Crippen molar-refractivity contribution in [1.29, 1.82) is 0 Å². The van der Waals surface area contributed by atoms with E-state index >= 15 is 0 Å². The molecular weight excluding hydrogens is 404 g/mol. The molecule has 0 bridgehead atoms. The average molecular weight is 467 g/mol. The number of rotatable bonds is 26. The van der Waals surface area contributed by atoms with Gasteiger partial charge in [-0.25, -0.2) is 0 Å². The van der Waals surface area contributed by atoms with Crippen LogP contribution in [-0.2, 0) is 9.53 Å². The maximum Gasteiger partial charge on any atom is 0.311 e. The molecule has 2 nitrogen and oxygen atoms in total. The molecule has 0 aliphatic rings. The molecule has 0 amide bonds. The second-order valence-electron chi connectivity index (χ2n) is 10.9. The molecule has 0 aliphatic carbocycles. The number of carbonyl (C=O) groups excluding carboxylic acids is 1. The maximum absolute atomic E-state index is 13.0. The lowest BCUT2D eigenvalue weighted by Crippen LogP contribution is -2.30. The van der Waals surface area contributed by atoms with Gasteiger partial charge >= 0.3 is 5.97 Å². The zero-order valence-corrected chi connectivity index (χ0v) is 23.5. The first-order valence-corrected chi connectivity index (χ1v) is 15.3. The second kappa shape index (κ2) is 24.6. The van der Waals surface area contributed by atoms with Gasteiger partial charge in [-0.05, 0) is 26.2 Å². The van der Waals surface area contributed by atoms with E-state index in [1.807, 2.05) is 0 Å². The smallest absolute Gasteiger partial charge is 0.311 e. The lowest BCUT2D eigenvalue weighted by molar-refractivity contribution is -0.156. The number of esters is 1. The molecule has 0 aromatic rings. The van der Waals surface area contributed by atoms with Crippen molar-refractivity contribution in [3.05, 3.63) is 0 Å². The molecule has 0 N–H and O–H groups in total. The summed E-state index contributed by atoms with van der Waals surface area (Å²) in [5, 5.41) is 0. The number of hydrogen-bond donors (Lipinski definition) is 0. The van der Waals surface area contributed by atoms with Gasteiger partial charge in [-0.3, -0.25) is 4.79 Å². The lowest BCUT2D eigenvalue weighted by atomic mass is 9.79. The van der Waals surface area contributed by atoms with Crippen LogP contribution in [0.4, 0.5) is 0 Å². The van der Waals surface area contributed by atoms with E-state index in [4.69, 9.17) is 4.74 Å². The van der Waals surface area contributed by atoms with Gasteiger partial charge < -0.3 is 4.74 Å². The highest BCUT2D eigenvalue weighted by molar-refractivity contribution is 5.76. The zero-order chi connectivity index (χ0) is 24.5. The minimum atomic E-state index is -0.270. The molecule has 0 saturated carbocycles. The Labute approximate surface area is 209 Å². The molecule has 0 aliphatic heterocycles. The summed E-state index contributed by atoms with van der Waals surface area (Å²) in [6.45, 7) is 9.62. The molecular formula is C31H62O2. The SMILES string of the molecule is CCCCCCCCCCCCOC(=O)C(C)(CCCCCCC)CCCCCCCCC. The Kier molecular flexibility index (Phi) is 24.2. The van der Waals surface area contributed by atoms with Crippen molar-refractivity contribution in [2.75, 3.05) is 6.61 Å². The third-order valence-electron chi connectivity index (χ3n) is 7.39. The average Bonchev–Trinajstić information content (AvgIpc) is 2.81. The minimum absolute atomic E-state index is 0.0832. The molecule has 33 heavy (non-hydrogen) atoms. The molecule has 0 aromatic heterocycles. The van der Waals surface area contributed by atoms with Crippen LogP contribution in [0.3, 0.4) is 0 Å². The minimum Gasteiger partial charge on any atom is -0.465 e. The number of carbonyl (C=O) groups is 1. The Balaban J connectivity index is 4.11. The van der Waals surface area contributed by atoms with Gasteiger partial charge in [0, 0.05) is 0 Å². The fourth-order valence-electron chi connectivity index (χ4n) is 4.85. The monoisotopic (exact) mass is 466 g/mol. The maximum atomic E-state index is 13.0. The van der Waals surface area contributed by atoms with Crippen LogP contribution in [0.15, 0.2) is 0 Å². The molecule has 0 radical (unpaired) electrons. The summed E-state index contributed by atoms with van der Waals surface area (Å²) in [6.07, 6.45) is 30.6. The van der Waals surface area contributed by atoms with E-state index in [1.54, 1.807) is 0 Å². The fraction of sp³-hybridized carbons (Fsp3) is 0.968. The van der Waals surface area contributed by atoms with Gasteiger partial charge in [-0.15, -0.1) is 0 Å². The molecule has 2 heteroatoms. The molecule has 0 rings (SSSR count). The molecule has 198 valence electrons. The van der Waals surface area contributed by atoms with E-state index < -0.39 is 0 Å². The third-order valence-corrected chi connectivity index (χ3v) is 7.39. The van der Waals surface area contributed by atoms with E-state index in [0.717, 1.165) is 19.3 Å². The van der Waals surface area contributed by atoms with Crippen LogP contribution in [0.25, 0.3) is 0 Å². The van der Waals surface area contributed by atoms with Gasteiger partial charge in [0.2, 0.25) is 0 Å². The van der Waals surface area contributed by atoms with Gasteiger partial charge in [0.15, 0.2) is 0 Å². The first-order chi connectivity index (χ1) is 16.1. The summed E-state index contributed by atoms with van der Waals surface area (Å²) >= 11 is 0. The Morgan fingerprint density at radius 2 is 0.788 bits per heavy atom. The molecule has 0 fully saturated rings. The molecule has 0 aromatic carbocycles. The van der Waals surface area contributed by atoms with Crippen molar-refractivity contribution in [3.8, 4) is 0 Å². The summed E-state index contributed by atoms with van der Waals surface area (Å²) in [6, 6.07) is 0. The van der Waals surface area contributed by atoms with Crippen LogP contribution >= 0.6 is 0 Å². The van der Waals surface area contributed by atoms with Crippen molar-refractivity contribution < 1.29 is 9.53 Å². The van der Waals surface area contributed by atoms with Crippen molar-refractivity contribution in [2.24, 2.45) is 5.41 Å². The highest BCUT2D eigenvalue weighted by Crippen LogP contribution is 2.33. The zero-order valence-electron chi connectivity index (χ0n) is 23.5. The topological polar surface area (TPSA) is 26.3 Å². The van der Waals surface area contributed by atoms with E-state index in [0.29, 0.717) is 6.61 Å². The Morgan fingerprint density at radius 3 is 1.15 bits per heavy atom. The fourth-order valence-corrected chi connectivity index (χ4v) is 4.85. The van der Waals surface area contributed by atoms with Gasteiger partial charge in [0.05, 0.1) is 12.0 Å². The summed E-state index contributed by atoms with van der Waals surface area (Å²) in [7, 11) is 0. The first kappa shape index (κ1) is 32.5. The Hall–Kier alpha value is -0.530. The molecule has 0 saturated heterocycles.